The fourth-order valence-corrected chi connectivity index (χ4v) is 1.53. The molecule has 0 aromatic carbocycles. The molecule has 16 heavy (non-hydrogen) atoms. The van der Waals surface area contributed by atoms with Crippen LogP contribution >= 0.6 is 0 Å². The van der Waals surface area contributed by atoms with E-state index in [1.165, 1.54) is 12.3 Å². The van der Waals surface area contributed by atoms with Crippen LogP contribution in [0.25, 0.3) is 0 Å². The Kier molecular flexibility index (Phi) is 5.47. The van der Waals surface area contributed by atoms with E-state index in [0.29, 0.717) is 13.2 Å². The number of rotatable bonds is 3. The van der Waals surface area contributed by atoms with Gasteiger partial charge in [-0.3, -0.25) is 4.98 Å². The normalized spacial score (nSPS) is 16.4. The maximum absolute atomic E-state index is 12.2. The van der Waals surface area contributed by atoms with Crippen molar-refractivity contribution in [2.24, 2.45) is 0 Å². The SMILES string of the molecule is F[B-](F)(F)Cc1cc(C2COC2)ccn1.[K+]. The number of halogens is 3. The van der Waals surface area contributed by atoms with E-state index < -0.39 is 13.3 Å². The predicted octanol–water partition coefficient (Wildman–Crippen LogP) is -0.872. The molecule has 2 rings (SSSR count). The molecule has 0 unspecified atom stereocenters. The monoisotopic (exact) mass is 255 g/mol. The molecule has 0 atom stereocenters. The Balaban J connectivity index is 0.00000128. The standard InChI is InChI=1S/C9H10BF3NO.K/c11-10(12,13)4-9-3-7(1-2-14-9)8-5-15-6-8;/h1-3,8H,4-6H2;/q-1;+1. The molecule has 82 valence electrons. The molecule has 1 aliphatic heterocycles. The van der Waals surface area contributed by atoms with E-state index in [0.717, 1.165) is 5.56 Å². The van der Waals surface area contributed by atoms with Gasteiger partial charge in [0.2, 0.25) is 0 Å². The summed E-state index contributed by atoms with van der Waals surface area (Å²) >= 11 is 0. The van der Waals surface area contributed by atoms with E-state index in [-0.39, 0.29) is 63.0 Å². The van der Waals surface area contributed by atoms with Crippen molar-refractivity contribution in [1.82, 2.24) is 4.98 Å². The van der Waals surface area contributed by atoms with Crippen LogP contribution in [-0.4, -0.2) is 25.2 Å². The Morgan fingerprint density at radius 3 is 2.56 bits per heavy atom. The zero-order chi connectivity index (χ0) is 10.9. The minimum Gasteiger partial charge on any atom is -0.449 e. The van der Waals surface area contributed by atoms with Crippen LogP contribution in [0.15, 0.2) is 18.3 Å². The topological polar surface area (TPSA) is 22.1 Å². The summed E-state index contributed by atoms with van der Waals surface area (Å²) in [6.45, 7) is -3.60. The number of aromatic nitrogens is 1. The third kappa shape index (κ3) is 4.12. The van der Waals surface area contributed by atoms with E-state index in [9.17, 15) is 12.9 Å². The average molecular weight is 255 g/mol. The third-order valence-electron chi connectivity index (χ3n) is 2.39. The first-order valence-corrected chi connectivity index (χ1v) is 4.78. The van der Waals surface area contributed by atoms with Gasteiger partial charge in [-0.05, 0) is 24.0 Å². The smallest absolute Gasteiger partial charge is 0.449 e. The van der Waals surface area contributed by atoms with Gasteiger partial charge < -0.3 is 17.7 Å². The number of hydrogen-bond acceptors (Lipinski definition) is 2. The number of pyridine rings is 1. The second-order valence-electron chi connectivity index (χ2n) is 3.73. The van der Waals surface area contributed by atoms with Gasteiger partial charge in [-0.1, -0.05) is 0 Å². The van der Waals surface area contributed by atoms with Crippen LogP contribution in [0.1, 0.15) is 17.2 Å². The maximum atomic E-state index is 12.2. The van der Waals surface area contributed by atoms with Crippen molar-refractivity contribution in [3.63, 3.8) is 0 Å². The summed E-state index contributed by atoms with van der Waals surface area (Å²) in [5.74, 6) is 0.243. The van der Waals surface area contributed by atoms with Crippen LogP contribution < -0.4 is 51.4 Å². The molecular formula is C9H10BF3KNO. The van der Waals surface area contributed by atoms with Gasteiger partial charge in [-0.2, -0.15) is 0 Å². The number of hydrogen-bond donors (Lipinski definition) is 0. The van der Waals surface area contributed by atoms with E-state index in [1.807, 2.05) is 0 Å². The van der Waals surface area contributed by atoms with Gasteiger partial charge >= 0.3 is 58.4 Å². The fraction of sp³-hybridized carbons (Fsp3) is 0.444. The van der Waals surface area contributed by atoms with E-state index in [1.54, 1.807) is 6.07 Å². The molecule has 1 fully saturated rings. The second-order valence-corrected chi connectivity index (χ2v) is 3.73. The number of nitrogens with zero attached hydrogens (tertiary/aromatic N) is 1. The van der Waals surface area contributed by atoms with Gasteiger partial charge in [0.25, 0.3) is 0 Å². The molecule has 0 amide bonds. The van der Waals surface area contributed by atoms with Crippen LogP contribution in [0, 0.1) is 0 Å². The first kappa shape index (κ1) is 14.7. The first-order chi connectivity index (χ1) is 7.04. The summed E-state index contributed by atoms with van der Waals surface area (Å²) in [6.07, 6.45) is 0.534. The van der Waals surface area contributed by atoms with Crippen LogP contribution in [-0.2, 0) is 11.1 Å². The molecule has 2 heterocycles. The summed E-state index contributed by atoms with van der Waals surface area (Å²) in [7, 11) is 0. The van der Waals surface area contributed by atoms with Gasteiger partial charge in [0.05, 0.1) is 13.2 Å². The molecule has 0 saturated carbocycles. The molecule has 1 saturated heterocycles. The van der Waals surface area contributed by atoms with Gasteiger partial charge in [-0.25, -0.2) is 0 Å². The van der Waals surface area contributed by atoms with Crippen LogP contribution in [0.2, 0.25) is 0 Å². The predicted molar refractivity (Wildman–Crippen MR) is 50.6 cm³/mol. The van der Waals surface area contributed by atoms with Gasteiger partial charge in [0.1, 0.15) is 0 Å². The molecule has 2 nitrogen and oxygen atoms in total. The van der Waals surface area contributed by atoms with Crippen LogP contribution in [0.3, 0.4) is 0 Å². The molecule has 0 N–H and O–H groups in total. The summed E-state index contributed by atoms with van der Waals surface area (Å²) < 4.78 is 41.5. The Morgan fingerprint density at radius 2 is 2.06 bits per heavy atom. The minimum atomic E-state index is -4.80. The number of ether oxygens (including phenoxy) is 1. The van der Waals surface area contributed by atoms with Crippen LogP contribution in [0.4, 0.5) is 12.9 Å². The molecule has 0 bridgehead atoms. The Labute approximate surface area is 134 Å². The summed E-state index contributed by atoms with van der Waals surface area (Å²) in [4.78, 5) is 3.72. The first-order valence-electron chi connectivity index (χ1n) is 4.78. The van der Waals surface area contributed by atoms with Crippen molar-refractivity contribution < 1.29 is 69.1 Å². The maximum Gasteiger partial charge on any atom is 1.00 e. The molecule has 1 aliphatic rings. The molecule has 7 heteroatoms. The third-order valence-corrected chi connectivity index (χ3v) is 2.39. The van der Waals surface area contributed by atoms with E-state index in [2.05, 4.69) is 4.98 Å². The van der Waals surface area contributed by atoms with Gasteiger partial charge in [-0.15, -0.1) is 0 Å². The average Bonchev–Trinajstić information content (AvgIpc) is 1.97. The Bertz CT molecular complexity index is 357. The van der Waals surface area contributed by atoms with Crippen LogP contribution in [0.5, 0.6) is 0 Å². The summed E-state index contributed by atoms with van der Waals surface area (Å²) in [5, 5.41) is 0. The molecule has 1 aromatic heterocycles. The molecule has 0 spiro atoms. The molecular weight excluding hydrogens is 245 g/mol. The van der Waals surface area contributed by atoms with Crippen molar-refractivity contribution in [2.45, 2.75) is 12.2 Å². The van der Waals surface area contributed by atoms with Crippen molar-refractivity contribution in [2.75, 3.05) is 13.2 Å². The Hall–Kier alpha value is 0.601. The summed E-state index contributed by atoms with van der Waals surface area (Å²) in [6, 6.07) is 3.28. The Morgan fingerprint density at radius 1 is 1.38 bits per heavy atom. The van der Waals surface area contributed by atoms with Crippen molar-refractivity contribution in [3.8, 4) is 0 Å². The molecule has 0 radical (unpaired) electrons. The van der Waals surface area contributed by atoms with E-state index >= 15 is 0 Å². The van der Waals surface area contributed by atoms with Crippen molar-refractivity contribution in [3.05, 3.63) is 29.6 Å². The fourth-order valence-electron chi connectivity index (χ4n) is 1.53. The zero-order valence-corrected chi connectivity index (χ0v) is 12.1. The van der Waals surface area contributed by atoms with Gasteiger partial charge in [0.15, 0.2) is 0 Å². The van der Waals surface area contributed by atoms with Crippen molar-refractivity contribution in [1.29, 1.82) is 0 Å². The second kappa shape index (κ2) is 5.97. The van der Waals surface area contributed by atoms with Crippen molar-refractivity contribution >= 4 is 6.98 Å². The van der Waals surface area contributed by atoms with E-state index in [4.69, 9.17) is 4.74 Å². The molecule has 0 aliphatic carbocycles. The quantitative estimate of drug-likeness (QED) is 0.655. The minimum absolute atomic E-state index is 0. The largest absolute Gasteiger partial charge is 1.00 e. The zero-order valence-electron chi connectivity index (χ0n) is 9.00. The van der Waals surface area contributed by atoms with Gasteiger partial charge in [0, 0.05) is 17.8 Å². The molecule has 1 aromatic rings. The summed E-state index contributed by atoms with van der Waals surface area (Å²) in [5.41, 5.74) is 0.998.